The van der Waals surface area contributed by atoms with Crippen molar-refractivity contribution in [3.05, 3.63) is 127 Å². The van der Waals surface area contributed by atoms with Crippen LogP contribution in [-0.4, -0.2) is 6.16 Å². The first kappa shape index (κ1) is 26.6. The number of unbranched alkanes of at least 4 members (excludes halogenated alkanes) is 1. The average Bonchev–Trinajstić information content (AvgIpc) is 2.89. The Balaban J connectivity index is 0.000000968. The molecule has 0 amide bonds. The van der Waals surface area contributed by atoms with Gasteiger partial charge in [-0.25, -0.2) is 7.92 Å². The average molecular weight is 603 g/mol. The van der Waals surface area contributed by atoms with E-state index in [9.17, 15) is 0 Å². The van der Waals surface area contributed by atoms with Gasteiger partial charge in [-0.3, -0.25) is 6.16 Å². The predicted molar refractivity (Wildman–Crippen MR) is 148 cm³/mol. The van der Waals surface area contributed by atoms with Crippen molar-refractivity contribution < 1.29 is 15.9 Å². The van der Waals surface area contributed by atoms with E-state index < -0.39 is 7.92 Å². The van der Waals surface area contributed by atoms with Crippen molar-refractivity contribution >= 4 is 56.1 Å². The molecule has 0 spiro atoms. The first-order chi connectivity index (χ1) is 16.3. The number of benzene rings is 4. The Labute approximate surface area is 217 Å². The molecule has 0 fully saturated rings. The summed E-state index contributed by atoms with van der Waals surface area (Å²) in [5.74, 6) is 0. The summed E-state index contributed by atoms with van der Waals surface area (Å²) in [7, 11) is 8.92. The molecule has 0 saturated heterocycles. The molecular formula is C28H27Cl2P2Pd-. The van der Waals surface area contributed by atoms with Gasteiger partial charge < -0.3 is 0 Å². The van der Waals surface area contributed by atoms with Gasteiger partial charge in [-0.1, -0.05) is 138 Å². The molecule has 0 heterocycles. The van der Waals surface area contributed by atoms with Crippen molar-refractivity contribution in [1.82, 2.24) is 0 Å². The number of hydrogen-bond acceptors (Lipinski definition) is 0. The van der Waals surface area contributed by atoms with Crippen LogP contribution in [0.5, 0.6) is 0 Å². The Morgan fingerprint density at radius 1 is 0.545 bits per heavy atom. The van der Waals surface area contributed by atoms with Crippen molar-refractivity contribution in [2.75, 3.05) is 6.16 Å². The molecule has 0 aliphatic carbocycles. The third kappa shape index (κ3) is 8.93. The minimum Gasteiger partial charge on any atom is -0.294 e. The van der Waals surface area contributed by atoms with Gasteiger partial charge in [0.2, 0.25) is 0 Å². The van der Waals surface area contributed by atoms with E-state index in [1.807, 2.05) is 0 Å². The van der Waals surface area contributed by atoms with Gasteiger partial charge in [0.25, 0.3) is 0 Å². The molecule has 4 rings (SSSR count). The molecule has 0 atom stereocenters. The van der Waals surface area contributed by atoms with E-state index in [0.717, 1.165) is 6.42 Å². The summed E-state index contributed by atoms with van der Waals surface area (Å²) in [6.07, 6.45) is 6.16. The zero-order valence-corrected chi connectivity index (χ0v) is 23.1. The summed E-state index contributed by atoms with van der Waals surface area (Å²) < 4.78 is 0. The molecule has 0 aliphatic rings. The Bertz CT molecular complexity index is 855. The molecule has 5 heteroatoms. The summed E-state index contributed by atoms with van der Waals surface area (Å²) in [4.78, 5) is 0. The van der Waals surface area contributed by atoms with Gasteiger partial charge in [0.15, 0.2) is 0 Å². The minimum atomic E-state index is -0.408. The van der Waals surface area contributed by atoms with Crippen LogP contribution in [0.2, 0.25) is 0 Å². The molecule has 0 unspecified atom stereocenters. The van der Waals surface area contributed by atoms with Crippen LogP contribution in [0.1, 0.15) is 12.8 Å². The Kier molecular flexibility index (Phi) is 12.7. The molecule has 4 aromatic rings. The zero-order valence-electron chi connectivity index (χ0n) is 18.2. The second-order valence-electron chi connectivity index (χ2n) is 7.23. The molecule has 0 nitrogen and oxygen atoms in total. The summed E-state index contributed by atoms with van der Waals surface area (Å²) in [6.45, 7) is 0. The maximum Gasteiger partial charge on any atom is -0.0195 e. The maximum atomic E-state index is 4.81. The zero-order chi connectivity index (χ0) is 23.1. The van der Waals surface area contributed by atoms with Crippen molar-refractivity contribution in [3.63, 3.8) is 0 Å². The van der Waals surface area contributed by atoms with Crippen LogP contribution in [0, 0.1) is 6.16 Å². The molecule has 0 bridgehead atoms. The summed E-state index contributed by atoms with van der Waals surface area (Å²) in [5, 5.41) is 5.83. The van der Waals surface area contributed by atoms with E-state index in [1.165, 1.54) is 33.8 Å². The standard InChI is InChI=1S/C28H27P2.2ClH.Pd/c1-5-15-25(16-6-1)29(26-17-7-2-8-18-26)23-13-14-24-30(27-19-9-3-10-20-27)28-21-11-4-12-22-28;;;/h1-12,15-23H,13-14,24H2;2*1H;/q-1;;;+2/p-2. The van der Waals surface area contributed by atoms with E-state index >= 15 is 0 Å². The van der Waals surface area contributed by atoms with Crippen LogP contribution in [0.15, 0.2) is 121 Å². The SMILES string of the molecule is [Cl][Pd][Cl].c1ccc(P([CH-]CCCP(c2ccccc2)c2ccccc2)c2ccccc2)cc1. The maximum absolute atomic E-state index is 4.81. The first-order valence-corrected chi connectivity index (χ1v) is 17.7. The Hall–Kier alpha value is -1.02. The van der Waals surface area contributed by atoms with Crippen molar-refractivity contribution in [2.24, 2.45) is 0 Å². The second kappa shape index (κ2) is 15.8. The predicted octanol–water partition coefficient (Wildman–Crippen LogP) is 7.57. The molecule has 4 aromatic carbocycles. The molecule has 0 radical (unpaired) electrons. The van der Waals surface area contributed by atoms with Crippen LogP contribution < -0.4 is 21.2 Å². The fraction of sp³-hybridized carbons (Fsp3) is 0.107. The largest absolute Gasteiger partial charge is 0.294 e. The normalized spacial score (nSPS) is 10.8. The van der Waals surface area contributed by atoms with E-state index in [-0.39, 0.29) is 23.9 Å². The van der Waals surface area contributed by atoms with Crippen LogP contribution in [0.3, 0.4) is 0 Å². The van der Waals surface area contributed by atoms with Crippen molar-refractivity contribution in [2.45, 2.75) is 12.8 Å². The number of halogens is 2. The van der Waals surface area contributed by atoms with Crippen molar-refractivity contribution in [3.8, 4) is 0 Å². The Morgan fingerprint density at radius 2 is 0.879 bits per heavy atom. The Morgan fingerprint density at radius 3 is 1.24 bits per heavy atom. The van der Waals surface area contributed by atoms with Gasteiger partial charge in [-0.15, -0.1) is 0 Å². The minimum absolute atomic E-state index is 0.106. The fourth-order valence-corrected chi connectivity index (χ4v) is 8.15. The number of hydrogen-bond donors (Lipinski definition) is 0. The van der Waals surface area contributed by atoms with Crippen LogP contribution in [-0.2, 0) is 15.9 Å². The topological polar surface area (TPSA) is 0 Å². The fourth-order valence-electron chi connectivity index (χ4n) is 3.63. The van der Waals surface area contributed by atoms with Crippen LogP contribution >= 0.6 is 34.9 Å². The monoisotopic (exact) mass is 601 g/mol. The van der Waals surface area contributed by atoms with Crippen LogP contribution in [0.25, 0.3) is 0 Å². The van der Waals surface area contributed by atoms with Gasteiger partial charge in [-0.2, -0.15) is 6.42 Å². The first-order valence-electron chi connectivity index (χ1n) is 10.8. The third-order valence-corrected chi connectivity index (χ3v) is 10.0. The number of rotatable bonds is 9. The van der Waals surface area contributed by atoms with E-state index in [0.29, 0.717) is 0 Å². The molecule has 0 saturated carbocycles. The van der Waals surface area contributed by atoms with Gasteiger partial charge in [0.05, 0.1) is 0 Å². The molecule has 0 aromatic heterocycles. The van der Waals surface area contributed by atoms with Crippen LogP contribution in [0.4, 0.5) is 0 Å². The molecule has 33 heavy (non-hydrogen) atoms. The van der Waals surface area contributed by atoms with E-state index in [2.05, 4.69) is 127 Å². The summed E-state index contributed by atoms with van der Waals surface area (Å²) in [6, 6.07) is 44.0. The quantitative estimate of drug-likeness (QED) is 0.0803. The molecule has 0 aliphatic heterocycles. The summed E-state index contributed by atoms with van der Waals surface area (Å²) >= 11 is -0.106. The van der Waals surface area contributed by atoms with Gasteiger partial charge in [0, 0.05) is 0 Å². The second-order valence-corrected chi connectivity index (χ2v) is 14.1. The smallest absolute Gasteiger partial charge is 0.0195 e. The van der Waals surface area contributed by atoms with Crippen molar-refractivity contribution in [1.29, 1.82) is 0 Å². The van der Waals surface area contributed by atoms with Gasteiger partial charge in [-0.05, 0) is 24.7 Å². The molecular weight excluding hydrogens is 576 g/mol. The van der Waals surface area contributed by atoms with E-state index in [4.69, 9.17) is 19.1 Å². The summed E-state index contributed by atoms with van der Waals surface area (Å²) in [5.41, 5.74) is 0. The van der Waals surface area contributed by atoms with E-state index in [1.54, 1.807) is 0 Å². The van der Waals surface area contributed by atoms with Gasteiger partial charge >= 0.3 is 35.0 Å². The van der Waals surface area contributed by atoms with Gasteiger partial charge in [0.1, 0.15) is 0 Å². The molecule has 0 N–H and O–H groups in total. The third-order valence-electron chi connectivity index (χ3n) is 5.10. The molecule has 174 valence electrons.